The fourth-order valence-electron chi connectivity index (χ4n) is 4.41. The van der Waals surface area contributed by atoms with Crippen LogP contribution in [0.1, 0.15) is 44.1 Å². The minimum absolute atomic E-state index is 0.0174. The van der Waals surface area contributed by atoms with E-state index in [1.807, 2.05) is 0 Å². The fraction of sp³-hybridized carbons (Fsp3) is 0.333. The van der Waals surface area contributed by atoms with Gasteiger partial charge in [-0.2, -0.15) is 8.78 Å². The van der Waals surface area contributed by atoms with E-state index < -0.39 is 46.5 Å². The van der Waals surface area contributed by atoms with E-state index in [1.54, 1.807) is 24.3 Å². The summed E-state index contributed by atoms with van der Waals surface area (Å²) in [5.41, 5.74) is -1.42. The van der Waals surface area contributed by atoms with Crippen LogP contribution in [0.25, 0.3) is 11.1 Å². The van der Waals surface area contributed by atoms with Gasteiger partial charge in [0, 0.05) is 12.1 Å². The summed E-state index contributed by atoms with van der Waals surface area (Å²) >= 11 is 0. The van der Waals surface area contributed by atoms with Gasteiger partial charge in [0.25, 0.3) is 0 Å². The van der Waals surface area contributed by atoms with Crippen molar-refractivity contribution in [2.45, 2.75) is 44.6 Å². The zero-order valence-electron chi connectivity index (χ0n) is 19.1. The lowest BCUT2D eigenvalue weighted by Crippen LogP contribution is -2.25. The molecule has 4 rings (SSSR count). The van der Waals surface area contributed by atoms with Crippen LogP contribution in [0.4, 0.5) is 30.7 Å². The second kappa shape index (κ2) is 10.8. The van der Waals surface area contributed by atoms with Crippen molar-refractivity contribution in [2.24, 2.45) is 5.92 Å². The number of ether oxygens (including phenoxy) is 2. The Hall–Kier alpha value is -3.23. The molecule has 0 heterocycles. The molecule has 0 N–H and O–H groups in total. The predicted molar refractivity (Wildman–Crippen MR) is 119 cm³/mol. The van der Waals surface area contributed by atoms with Crippen LogP contribution in [-0.4, -0.2) is 6.61 Å². The molecule has 1 saturated carbocycles. The van der Waals surface area contributed by atoms with Crippen LogP contribution in [0.15, 0.2) is 48.5 Å². The lowest BCUT2D eigenvalue weighted by atomic mass is 10.0. The topological polar surface area (TPSA) is 18.5 Å². The van der Waals surface area contributed by atoms with E-state index >= 15 is 0 Å². The normalized spacial score (nSPS) is 14.3. The van der Waals surface area contributed by atoms with Crippen molar-refractivity contribution in [3.8, 4) is 22.6 Å². The SMILES string of the molecule is Fc1cc(OC(F)(F)c2c(F)cc(-c3ccc(OCCCC4CCCC4)cc3)cc2F)cc(F)c1F. The van der Waals surface area contributed by atoms with Gasteiger partial charge in [-0.25, -0.2) is 22.0 Å². The molecule has 0 radical (unpaired) electrons. The summed E-state index contributed by atoms with van der Waals surface area (Å²) in [6.45, 7) is 0.546. The van der Waals surface area contributed by atoms with Crippen LogP contribution in [0, 0.1) is 35.0 Å². The van der Waals surface area contributed by atoms with Gasteiger partial charge in [-0.3, -0.25) is 0 Å². The minimum Gasteiger partial charge on any atom is -0.494 e. The third-order valence-corrected chi connectivity index (χ3v) is 6.22. The van der Waals surface area contributed by atoms with E-state index in [2.05, 4.69) is 4.74 Å². The van der Waals surface area contributed by atoms with Crippen molar-refractivity contribution in [3.63, 3.8) is 0 Å². The molecule has 0 amide bonds. The molecule has 0 unspecified atom stereocenters. The Bertz CT molecular complexity index is 1160. The van der Waals surface area contributed by atoms with E-state index in [0.717, 1.165) is 18.8 Å². The second-order valence-electron chi connectivity index (χ2n) is 8.80. The van der Waals surface area contributed by atoms with E-state index in [9.17, 15) is 30.7 Å². The largest absolute Gasteiger partial charge is 0.494 e. The van der Waals surface area contributed by atoms with Gasteiger partial charge >= 0.3 is 6.11 Å². The Morgan fingerprint density at radius 3 is 1.89 bits per heavy atom. The monoisotopic (exact) mass is 512 g/mol. The molecule has 9 heteroatoms. The van der Waals surface area contributed by atoms with Crippen molar-refractivity contribution in [2.75, 3.05) is 6.61 Å². The second-order valence-corrected chi connectivity index (χ2v) is 8.80. The molecule has 3 aromatic rings. The first-order valence-corrected chi connectivity index (χ1v) is 11.6. The van der Waals surface area contributed by atoms with Crippen LogP contribution < -0.4 is 9.47 Å². The van der Waals surface area contributed by atoms with Crippen LogP contribution in [0.5, 0.6) is 11.5 Å². The molecular weight excluding hydrogens is 489 g/mol. The molecule has 2 nitrogen and oxygen atoms in total. The number of alkyl halides is 2. The third-order valence-electron chi connectivity index (χ3n) is 6.22. The maximum atomic E-state index is 14.6. The molecule has 192 valence electrons. The number of rotatable bonds is 9. The fourth-order valence-corrected chi connectivity index (χ4v) is 4.41. The highest BCUT2D eigenvalue weighted by Gasteiger charge is 2.41. The lowest BCUT2D eigenvalue weighted by Gasteiger charge is -2.20. The van der Waals surface area contributed by atoms with Crippen molar-refractivity contribution in [1.29, 1.82) is 0 Å². The van der Waals surface area contributed by atoms with Crippen molar-refractivity contribution in [3.05, 3.63) is 83.2 Å². The van der Waals surface area contributed by atoms with Gasteiger partial charge in [0.1, 0.15) is 28.7 Å². The van der Waals surface area contributed by atoms with E-state index in [4.69, 9.17) is 4.74 Å². The first-order chi connectivity index (χ1) is 17.1. The molecule has 0 aliphatic heterocycles. The molecule has 0 spiro atoms. The highest BCUT2D eigenvalue weighted by Crippen LogP contribution is 2.38. The van der Waals surface area contributed by atoms with Crippen LogP contribution >= 0.6 is 0 Å². The lowest BCUT2D eigenvalue weighted by molar-refractivity contribution is -0.189. The molecule has 0 aromatic heterocycles. The van der Waals surface area contributed by atoms with E-state index in [-0.39, 0.29) is 17.7 Å². The van der Waals surface area contributed by atoms with Crippen molar-refractivity contribution < 1.29 is 40.2 Å². The summed E-state index contributed by atoms with van der Waals surface area (Å²) < 4.78 is 108. The third kappa shape index (κ3) is 5.94. The molecule has 1 aliphatic rings. The number of halogens is 7. The standard InChI is InChI=1S/C27H23F7O2/c28-21-12-18(17-7-9-19(10-8-17)35-11-3-6-16-4-1-2-5-16)13-22(29)25(21)27(33,34)36-20-14-23(30)26(32)24(31)15-20/h7-10,12-16H,1-6,11H2. The number of hydrogen-bond donors (Lipinski definition) is 0. The summed E-state index contributed by atoms with van der Waals surface area (Å²) in [5, 5.41) is 0. The number of hydrogen-bond acceptors (Lipinski definition) is 2. The van der Waals surface area contributed by atoms with Gasteiger partial charge in [0.15, 0.2) is 17.5 Å². The minimum atomic E-state index is -4.64. The van der Waals surface area contributed by atoms with Gasteiger partial charge in [0.2, 0.25) is 0 Å². The smallest absolute Gasteiger partial charge is 0.432 e. The summed E-state index contributed by atoms with van der Waals surface area (Å²) in [6, 6.07) is 7.99. The Labute approximate surface area is 203 Å². The maximum absolute atomic E-state index is 14.6. The van der Waals surface area contributed by atoms with E-state index in [1.165, 1.54) is 25.7 Å². The average molecular weight is 512 g/mol. The first-order valence-electron chi connectivity index (χ1n) is 11.6. The average Bonchev–Trinajstić information content (AvgIpc) is 3.33. The predicted octanol–water partition coefficient (Wildman–Crippen LogP) is 8.53. The zero-order valence-corrected chi connectivity index (χ0v) is 19.1. The summed E-state index contributed by atoms with van der Waals surface area (Å²) in [5.74, 6) is -8.56. The Morgan fingerprint density at radius 2 is 1.31 bits per heavy atom. The van der Waals surface area contributed by atoms with Gasteiger partial charge < -0.3 is 9.47 Å². The molecule has 0 atom stereocenters. The van der Waals surface area contributed by atoms with Gasteiger partial charge in [-0.15, -0.1) is 0 Å². The molecule has 1 fully saturated rings. The summed E-state index contributed by atoms with van der Waals surface area (Å²) in [4.78, 5) is 0. The van der Waals surface area contributed by atoms with Crippen molar-refractivity contribution in [1.82, 2.24) is 0 Å². The highest BCUT2D eigenvalue weighted by atomic mass is 19.3. The molecule has 3 aromatic carbocycles. The van der Waals surface area contributed by atoms with Gasteiger partial charge in [0.05, 0.1) is 6.61 Å². The Morgan fingerprint density at radius 1 is 0.722 bits per heavy atom. The molecule has 0 saturated heterocycles. The summed E-state index contributed by atoms with van der Waals surface area (Å²) in [6.07, 6.45) is 2.51. The van der Waals surface area contributed by atoms with Crippen LogP contribution in [0.2, 0.25) is 0 Å². The Balaban J connectivity index is 1.44. The maximum Gasteiger partial charge on any atom is 0.432 e. The summed E-state index contributed by atoms with van der Waals surface area (Å²) in [7, 11) is 0. The van der Waals surface area contributed by atoms with Gasteiger partial charge in [-0.1, -0.05) is 37.8 Å². The highest BCUT2D eigenvalue weighted by molar-refractivity contribution is 5.65. The van der Waals surface area contributed by atoms with Crippen molar-refractivity contribution >= 4 is 0 Å². The van der Waals surface area contributed by atoms with Crippen LogP contribution in [0.3, 0.4) is 0 Å². The van der Waals surface area contributed by atoms with Gasteiger partial charge in [-0.05, 0) is 54.2 Å². The molecule has 1 aliphatic carbocycles. The quantitative estimate of drug-likeness (QED) is 0.163. The molecule has 0 bridgehead atoms. The van der Waals surface area contributed by atoms with E-state index in [0.29, 0.717) is 30.1 Å². The number of benzene rings is 3. The zero-order chi connectivity index (χ0) is 25.9. The Kier molecular flexibility index (Phi) is 7.76. The van der Waals surface area contributed by atoms with Crippen LogP contribution in [-0.2, 0) is 6.11 Å². The molecule has 36 heavy (non-hydrogen) atoms. The first kappa shape index (κ1) is 25.9. The molecular formula is C27H23F7O2.